The lowest BCUT2D eigenvalue weighted by atomic mass is 10.0. The average molecular weight is 704 g/mol. The zero-order valence-corrected chi connectivity index (χ0v) is 28.1. The van der Waals surface area contributed by atoms with Gasteiger partial charge in [0.25, 0.3) is 5.91 Å². The van der Waals surface area contributed by atoms with Crippen LogP contribution in [0.1, 0.15) is 32.0 Å². The number of azo groups is 2. The molecule has 12 heteroatoms. The van der Waals surface area contributed by atoms with Crippen molar-refractivity contribution in [3.05, 3.63) is 149 Å². The standard InChI is InChI=1S/C40H26ClN7O4/c1-22-35(40(52)48(47-22)26-10-3-2-4-11-26)45-43-24-15-17-28-29-18-16-25(21-31(29)37(49)30(28)20-24)44-46-36-27-12-6-5-9-23(27)19-32(38(36)50)39(51)42-34-14-8-7-13-33(34)41/h2-21,50,52H,1H3,(H,42,51). The molecular weight excluding hydrogens is 678 g/mol. The number of carbonyl (C=O) groups excluding carboxylic acids is 2. The van der Waals surface area contributed by atoms with E-state index in [1.165, 1.54) is 4.68 Å². The first-order chi connectivity index (χ1) is 25.3. The molecular formula is C40H26ClN7O4. The Morgan fingerprint density at radius 2 is 1.33 bits per heavy atom. The van der Waals surface area contributed by atoms with Gasteiger partial charge in [-0.25, -0.2) is 0 Å². The van der Waals surface area contributed by atoms with Crippen molar-refractivity contribution >= 4 is 62.5 Å². The van der Waals surface area contributed by atoms with Crippen LogP contribution in [0.3, 0.4) is 0 Å². The van der Waals surface area contributed by atoms with E-state index in [-0.39, 0.29) is 34.4 Å². The Hall–Kier alpha value is -6.98. The number of phenols is 1. The lowest BCUT2D eigenvalue weighted by molar-refractivity contribution is 0.102. The highest BCUT2D eigenvalue weighted by atomic mass is 35.5. The lowest BCUT2D eigenvalue weighted by Crippen LogP contribution is -2.12. The van der Waals surface area contributed by atoms with E-state index in [1.54, 1.807) is 91.9 Å². The van der Waals surface area contributed by atoms with E-state index in [0.717, 1.165) is 11.1 Å². The normalized spacial score (nSPS) is 12.2. The third-order valence-corrected chi connectivity index (χ3v) is 9.01. The van der Waals surface area contributed by atoms with Gasteiger partial charge in [0.2, 0.25) is 5.88 Å². The number of aromatic hydroxyl groups is 2. The monoisotopic (exact) mass is 703 g/mol. The first kappa shape index (κ1) is 32.2. The van der Waals surface area contributed by atoms with Gasteiger partial charge in [0.15, 0.2) is 17.2 Å². The minimum absolute atomic E-state index is 0.00416. The molecule has 0 bridgehead atoms. The number of aryl methyl sites for hydroxylation is 1. The molecule has 1 aliphatic carbocycles. The molecule has 1 aromatic heterocycles. The summed E-state index contributed by atoms with van der Waals surface area (Å²) in [6.45, 7) is 1.73. The van der Waals surface area contributed by atoms with Gasteiger partial charge < -0.3 is 15.5 Å². The maximum atomic E-state index is 13.6. The zero-order chi connectivity index (χ0) is 35.9. The molecule has 0 aliphatic heterocycles. The average Bonchev–Trinajstić information content (AvgIpc) is 3.61. The van der Waals surface area contributed by atoms with Crippen molar-refractivity contribution in [3.63, 3.8) is 0 Å². The number of hydrogen-bond donors (Lipinski definition) is 3. The Kier molecular flexibility index (Phi) is 8.09. The molecule has 52 heavy (non-hydrogen) atoms. The van der Waals surface area contributed by atoms with Gasteiger partial charge >= 0.3 is 0 Å². The van der Waals surface area contributed by atoms with Gasteiger partial charge in [-0.1, -0.05) is 78.3 Å². The Morgan fingerprint density at radius 3 is 2.02 bits per heavy atom. The second kappa shape index (κ2) is 13.0. The molecule has 0 spiro atoms. The van der Waals surface area contributed by atoms with Gasteiger partial charge in [-0.15, -0.1) is 10.2 Å². The van der Waals surface area contributed by atoms with E-state index in [2.05, 4.69) is 30.9 Å². The Morgan fingerprint density at radius 1 is 0.712 bits per heavy atom. The molecule has 1 aliphatic rings. The van der Waals surface area contributed by atoms with E-state index in [1.807, 2.05) is 36.4 Å². The van der Waals surface area contributed by atoms with E-state index in [0.29, 0.717) is 55.4 Å². The fraction of sp³-hybridized carbons (Fsp3) is 0.0250. The molecule has 7 aromatic rings. The van der Waals surface area contributed by atoms with Crippen LogP contribution in [-0.4, -0.2) is 31.7 Å². The van der Waals surface area contributed by atoms with Crippen LogP contribution >= 0.6 is 11.6 Å². The van der Waals surface area contributed by atoms with Crippen molar-refractivity contribution in [1.82, 2.24) is 9.78 Å². The van der Waals surface area contributed by atoms with Crippen LogP contribution in [-0.2, 0) is 0 Å². The Labute approximate surface area is 301 Å². The minimum atomic E-state index is -0.568. The van der Waals surface area contributed by atoms with Crippen LogP contribution in [0.15, 0.2) is 142 Å². The molecule has 0 radical (unpaired) electrons. The zero-order valence-electron chi connectivity index (χ0n) is 27.3. The van der Waals surface area contributed by atoms with Crippen LogP contribution in [0.25, 0.3) is 27.6 Å². The van der Waals surface area contributed by atoms with Crippen molar-refractivity contribution < 1.29 is 19.8 Å². The molecule has 8 rings (SSSR count). The quantitative estimate of drug-likeness (QED) is 0.141. The fourth-order valence-electron chi connectivity index (χ4n) is 6.11. The van der Waals surface area contributed by atoms with Crippen LogP contribution in [0.2, 0.25) is 5.02 Å². The van der Waals surface area contributed by atoms with Gasteiger partial charge in [0.1, 0.15) is 5.69 Å². The summed E-state index contributed by atoms with van der Waals surface area (Å²) in [5, 5.41) is 48.1. The Bertz CT molecular complexity index is 2650. The first-order valence-electron chi connectivity index (χ1n) is 16.1. The van der Waals surface area contributed by atoms with Crippen LogP contribution in [0, 0.1) is 6.92 Å². The largest absolute Gasteiger partial charge is 0.505 e. The molecule has 11 nitrogen and oxygen atoms in total. The highest BCUT2D eigenvalue weighted by molar-refractivity contribution is 6.34. The van der Waals surface area contributed by atoms with Crippen molar-refractivity contribution in [2.24, 2.45) is 20.5 Å². The van der Waals surface area contributed by atoms with E-state index >= 15 is 0 Å². The molecule has 0 fully saturated rings. The van der Waals surface area contributed by atoms with Gasteiger partial charge in [0.05, 0.1) is 39.0 Å². The predicted octanol–water partition coefficient (Wildman–Crippen LogP) is 10.7. The molecule has 1 heterocycles. The smallest absolute Gasteiger partial charge is 0.259 e. The third-order valence-electron chi connectivity index (χ3n) is 8.68. The van der Waals surface area contributed by atoms with E-state index < -0.39 is 5.91 Å². The second-order valence-corrected chi connectivity index (χ2v) is 12.4. The number of amides is 1. The number of nitrogens with one attached hydrogen (secondary N) is 1. The third kappa shape index (κ3) is 5.74. The summed E-state index contributed by atoms with van der Waals surface area (Å²) in [5.41, 5.74) is 5.02. The second-order valence-electron chi connectivity index (χ2n) is 12.0. The SMILES string of the molecule is Cc1nn(-c2ccccc2)c(O)c1N=Nc1ccc2c(c1)C(=O)c1cc(N=Nc3c(O)c(C(=O)Nc4ccccc4Cl)cc4ccccc34)ccc1-2. The number of nitrogens with zero attached hydrogens (tertiary/aromatic N) is 6. The van der Waals surface area contributed by atoms with Crippen LogP contribution in [0.4, 0.5) is 28.4 Å². The van der Waals surface area contributed by atoms with E-state index in [9.17, 15) is 19.8 Å². The Balaban J connectivity index is 1.07. The van der Waals surface area contributed by atoms with E-state index in [4.69, 9.17) is 11.6 Å². The number of anilines is 1. The maximum absolute atomic E-state index is 13.6. The number of rotatable bonds is 7. The minimum Gasteiger partial charge on any atom is -0.505 e. The molecule has 0 saturated carbocycles. The number of benzene rings is 6. The molecule has 0 saturated heterocycles. The number of carbonyl (C=O) groups is 2. The number of para-hydroxylation sites is 2. The molecule has 6 aromatic carbocycles. The molecule has 252 valence electrons. The summed E-state index contributed by atoms with van der Waals surface area (Å²) >= 11 is 6.24. The molecule has 0 atom stereocenters. The topological polar surface area (TPSA) is 154 Å². The first-order valence-corrected chi connectivity index (χ1v) is 16.5. The number of aromatic nitrogens is 2. The van der Waals surface area contributed by atoms with Crippen molar-refractivity contribution in [2.45, 2.75) is 6.92 Å². The van der Waals surface area contributed by atoms with Gasteiger partial charge in [-0.3, -0.25) is 9.59 Å². The van der Waals surface area contributed by atoms with Gasteiger partial charge in [0, 0.05) is 16.5 Å². The molecule has 1 amide bonds. The highest BCUT2D eigenvalue weighted by Crippen LogP contribution is 2.43. The molecule has 0 unspecified atom stereocenters. The number of fused-ring (bicyclic) bond motifs is 4. The van der Waals surface area contributed by atoms with Crippen molar-refractivity contribution in [3.8, 4) is 28.4 Å². The summed E-state index contributed by atoms with van der Waals surface area (Å²) in [6.07, 6.45) is 0. The lowest BCUT2D eigenvalue weighted by Gasteiger charge is -2.12. The summed E-state index contributed by atoms with van der Waals surface area (Å²) in [7, 11) is 0. The summed E-state index contributed by atoms with van der Waals surface area (Å²) in [5.74, 6) is -1.29. The number of halogens is 1. The number of ketones is 1. The predicted molar refractivity (Wildman–Crippen MR) is 199 cm³/mol. The summed E-state index contributed by atoms with van der Waals surface area (Å²) < 4.78 is 1.39. The number of hydrogen-bond acceptors (Lipinski definition) is 9. The maximum Gasteiger partial charge on any atom is 0.259 e. The van der Waals surface area contributed by atoms with Crippen LogP contribution < -0.4 is 5.32 Å². The van der Waals surface area contributed by atoms with Crippen molar-refractivity contribution in [2.75, 3.05) is 5.32 Å². The summed E-state index contributed by atoms with van der Waals surface area (Å²) in [6, 6.07) is 35.1. The fourth-order valence-corrected chi connectivity index (χ4v) is 6.30. The number of phenolic OH excluding ortho intramolecular Hbond substituents is 1. The van der Waals surface area contributed by atoms with Gasteiger partial charge in [-0.2, -0.15) is 20.0 Å². The van der Waals surface area contributed by atoms with Crippen molar-refractivity contribution in [1.29, 1.82) is 0 Å². The van der Waals surface area contributed by atoms with Gasteiger partial charge in [-0.05, 0) is 78.0 Å². The molecule has 3 N–H and O–H groups in total. The summed E-state index contributed by atoms with van der Waals surface area (Å²) in [4.78, 5) is 26.9. The highest BCUT2D eigenvalue weighted by Gasteiger charge is 2.28. The van der Waals surface area contributed by atoms with Crippen LogP contribution in [0.5, 0.6) is 11.6 Å².